The highest BCUT2D eigenvalue weighted by molar-refractivity contribution is 5.95. The lowest BCUT2D eigenvalue weighted by Gasteiger charge is -2.50. The van der Waals surface area contributed by atoms with E-state index in [-0.39, 0.29) is 17.9 Å². The van der Waals surface area contributed by atoms with E-state index < -0.39 is 17.9 Å². The summed E-state index contributed by atoms with van der Waals surface area (Å²) in [6.45, 7) is 6.91. The van der Waals surface area contributed by atoms with Gasteiger partial charge in [0.05, 0.1) is 34.0 Å². The molecule has 2 fully saturated rings. The molecular formula is C30H40O6. The summed E-state index contributed by atoms with van der Waals surface area (Å²) >= 11 is 0. The van der Waals surface area contributed by atoms with Crippen molar-refractivity contribution in [1.29, 1.82) is 0 Å². The van der Waals surface area contributed by atoms with Crippen LogP contribution in [-0.2, 0) is 30.2 Å². The maximum Gasteiger partial charge on any atom is 0.320 e. The third kappa shape index (κ3) is 5.10. The average molecular weight is 497 g/mol. The van der Waals surface area contributed by atoms with Crippen LogP contribution < -0.4 is 4.74 Å². The maximum atomic E-state index is 11.9. The molecule has 3 aliphatic rings. The predicted octanol–water partition coefficient (Wildman–Crippen LogP) is 5.40. The molecule has 36 heavy (non-hydrogen) atoms. The van der Waals surface area contributed by atoms with Crippen molar-refractivity contribution in [3.05, 3.63) is 53.6 Å². The van der Waals surface area contributed by atoms with Crippen LogP contribution in [0.5, 0.6) is 5.75 Å². The van der Waals surface area contributed by atoms with Crippen LogP contribution in [-0.4, -0.2) is 46.0 Å². The van der Waals surface area contributed by atoms with Crippen molar-refractivity contribution in [3.63, 3.8) is 0 Å². The molecule has 3 aliphatic carbocycles. The summed E-state index contributed by atoms with van der Waals surface area (Å²) < 4.78 is 21.3. The molecule has 0 spiro atoms. The lowest BCUT2D eigenvalue weighted by molar-refractivity contribution is -0.158. The Morgan fingerprint density at radius 3 is 2.56 bits per heavy atom. The Bertz CT molecular complexity index is 997. The van der Waals surface area contributed by atoms with Crippen molar-refractivity contribution in [3.8, 4) is 5.75 Å². The lowest BCUT2D eigenvalue weighted by Crippen LogP contribution is -2.44. The predicted molar refractivity (Wildman–Crippen MR) is 138 cm³/mol. The summed E-state index contributed by atoms with van der Waals surface area (Å²) in [7, 11) is 4.26. The van der Waals surface area contributed by atoms with Crippen molar-refractivity contribution in [1.82, 2.24) is 0 Å². The van der Waals surface area contributed by atoms with Crippen LogP contribution >= 0.6 is 0 Å². The number of methoxy groups -OCH3 is 3. The van der Waals surface area contributed by atoms with Gasteiger partial charge in [-0.2, -0.15) is 0 Å². The summed E-state index contributed by atoms with van der Waals surface area (Å²) in [4.78, 5) is 23.8. The van der Waals surface area contributed by atoms with Crippen LogP contribution in [0.25, 0.3) is 0 Å². The zero-order valence-electron chi connectivity index (χ0n) is 22.1. The molecular weight excluding hydrogens is 456 g/mol. The molecule has 6 nitrogen and oxygen atoms in total. The number of ether oxygens (including phenoxy) is 4. The minimum absolute atomic E-state index is 0.162. The monoisotopic (exact) mass is 496 g/mol. The van der Waals surface area contributed by atoms with Crippen LogP contribution in [0.3, 0.4) is 0 Å². The van der Waals surface area contributed by atoms with Crippen molar-refractivity contribution < 1.29 is 28.5 Å². The van der Waals surface area contributed by atoms with Crippen LogP contribution in [0.15, 0.2) is 42.5 Å². The zero-order valence-corrected chi connectivity index (χ0v) is 22.1. The minimum Gasteiger partial charge on any atom is -0.497 e. The van der Waals surface area contributed by atoms with Gasteiger partial charge in [0.25, 0.3) is 0 Å². The number of hydrogen-bond acceptors (Lipinski definition) is 6. The molecule has 2 saturated carbocycles. The summed E-state index contributed by atoms with van der Waals surface area (Å²) in [5.74, 6) is 0.805. The van der Waals surface area contributed by atoms with Gasteiger partial charge in [-0.3, -0.25) is 9.59 Å². The molecule has 0 radical (unpaired) electrons. The number of hydrogen-bond donors (Lipinski definition) is 0. The molecule has 0 aliphatic heterocycles. The van der Waals surface area contributed by atoms with E-state index in [1.807, 2.05) is 12.2 Å². The van der Waals surface area contributed by atoms with Gasteiger partial charge in [-0.15, -0.1) is 0 Å². The second-order valence-corrected chi connectivity index (χ2v) is 10.8. The van der Waals surface area contributed by atoms with Crippen LogP contribution in [0.1, 0.15) is 62.5 Å². The first-order chi connectivity index (χ1) is 17.3. The quantitative estimate of drug-likeness (QED) is 0.259. The second kappa shape index (κ2) is 11.2. The normalized spacial score (nSPS) is 28.8. The smallest absolute Gasteiger partial charge is 0.320 e. The second-order valence-electron chi connectivity index (χ2n) is 10.8. The Morgan fingerprint density at radius 1 is 1.11 bits per heavy atom. The lowest BCUT2D eigenvalue weighted by atomic mass is 9.55. The van der Waals surface area contributed by atoms with E-state index in [9.17, 15) is 9.59 Å². The van der Waals surface area contributed by atoms with E-state index in [1.165, 1.54) is 51.0 Å². The first-order valence-corrected chi connectivity index (χ1v) is 13.1. The average Bonchev–Trinajstić information content (AvgIpc) is 3.24. The number of carbonyl (C=O) groups excluding carboxylic acids is 2. The molecule has 196 valence electrons. The molecule has 0 bridgehead atoms. The topological polar surface area (TPSA) is 71.1 Å². The van der Waals surface area contributed by atoms with Gasteiger partial charge in [-0.25, -0.2) is 0 Å². The van der Waals surface area contributed by atoms with Crippen molar-refractivity contribution in [2.45, 2.75) is 63.9 Å². The Hall–Kier alpha value is -2.60. The first kappa shape index (κ1) is 26.5. The summed E-state index contributed by atoms with van der Waals surface area (Å²) in [5.41, 5.74) is 3.87. The Labute approximate surface area is 215 Å². The molecule has 6 heteroatoms. The van der Waals surface area contributed by atoms with Crippen molar-refractivity contribution >= 4 is 11.9 Å². The van der Waals surface area contributed by atoms with Gasteiger partial charge >= 0.3 is 11.9 Å². The fraction of sp³-hybridized carbons (Fsp3) is 0.600. The molecule has 1 aromatic carbocycles. The number of aryl methyl sites for hydroxylation is 1. The Morgan fingerprint density at radius 2 is 1.86 bits per heavy atom. The maximum absolute atomic E-state index is 11.9. The van der Waals surface area contributed by atoms with Gasteiger partial charge in [0, 0.05) is 0 Å². The molecule has 0 aromatic heterocycles. The molecule has 5 atom stereocenters. The van der Waals surface area contributed by atoms with E-state index in [4.69, 9.17) is 18.9 Å². The molecule has 0 unspecified atom stereocenters. The highest BCUT2D eigenvalue weighted by atomic mass is 16.5. The number of benzene rings is 1. The van der Waals surface area contributed by atoms with Crippen LogP contribution in [0, 0.1) is 23.2 Å². The molecule has 4 rings (SSSR count). The van der Waals surface area contributed by atoms with E-state index in [2.05, 4.69) is 31.7 Å². The number of esters is 2. The highest BCUT2D eigenvalue weighted by Gasteiger charge is 2.55. The van der Waals surface area contributed by atoms with Gasteiger partial charge < -0.3 is 18.9 Å². The molecule has 0 heterocycles. The highest BCUT2D eigenvalue weighted by Crippen LogP contribution is 2.61. The number of carbonyl (C=O) groups is 2. The first-order valence-electron chi connectivity index (χ1n) is 13.1. The molecule has 0 amide bonds. The number of rotatable bonds is 9. The van der Waals surface area contributed by atoms with Crippen LogP contribution in [0.2, 0.25) is 0 Å². The van der Waals surface area contributed by atoms with Gasteiger partial charge in [-0.1, -0.05) is 37.3 Å². The summed E-state index contributed by atoms with van der Waals surface area (Å²) in [6.07, 6.45) is 11.3. The third-order valence-corrected chi connectivity index (χ3v) is 9.03. The number of fused-ring (bicyclic) bond motifs is 5. The minimum atomic E-state index is -0.996. The van der Waals surface area contributed by atoms with Gasteiger partial charge in [0.15, 0.2) is 5.92 Å². The fourth-order valence-electron chi connectivity index (χ4n) is 7.18. The standard InChI is InChI=1S/C30H40O6/c1-19(17-25(28(31)34-4)29(32)35-5)7-6-16-36-27-13-12-26-24-10-8-20-18-21(33-3)9-11-22(20)23(24)14-15-30(26,27)2/h6-7,9,11,18,23-27H,1,8,10,12-17H2,2-5H3/b7-6+/t23-,24-,26+,27+,30+/m1/s1. The van der Waals surface area contributed by atoms with Gasteiger partial charge in [0.2, 0.25) is 0 Å². The Balaban J connectivity index is 1.33. The van der Waals surface area contributed by atoms with E-state index in [0.717, 1.165) is 24.5 Å². The largest absolute Gasteiger partial charge is 0.497 e. The summed E-state index contributed by atoms with van der Waals surface area (Å²) in [6, 6.07) is 6.66. The molecule has 0 N–H and O–H groups in total. The van der Waals surface area contributed by atoms with E-state index in [1.54, 1.807) is 7.11 Å². The number of allylic oxidation sites excluding steroid dienone is 2. The molecule has 0 saturated heterocycles. The van der Waals surface area contributed by atoms with E-state index >= 15 is 0 Å². The zero-order chi connectivity index (χ0) is 25.9. The van der Waals surface area contributed by atoms with Gasteiger partial charge in [-0.05, 0) is 91.4 Å². The molecule has 1 aromatic rings. The van der Waals surface area contributed by atoms with Crippen molar-refractivity contribution in [2.24, 2.45) is 23.2 Å². The third-order valence-electron chi connectivity index (χ3n) is 9.03. The fourth-order valence-corrected chi connectivity index (χ4v) is 7.18. The van der Waals surface area contributed by atoms with Crippen molar-refractivity contribution in [2.75, 3.05) is 27.9 Å². The summed E-state index contributed by atoms with van der Waals surface area (Å²) in [5, 5.41) is 0. The van der Waals surface area contributed by atoms with Gasteiger partial charge in [0.1, 0.15) is 5.75 Å². The Kier molecular flexibility index (Phi) is 8.23. The SMILES string of the molecule is C=C(/C=C/CO[C@H]1CC[C@H]2[C@@H]3CCc4cc(OC)ccc4[C@H]3CC[C@]12C)CC(C(=O)OC)C(=O)OC. The van der Waals surface area contributed by atoms with E-state index in [0.29, 0.717) is 24.0 Å². The van der Waals surface area contributed by atoms with Crippen LogP contribution in [0.4, 0.5) is 0 Å².